The normalized spacial score (nSPS) is 10.3. The van der Waals surface area contributed by atoms with Gasteiger partial charge in [-0.05, 0) is 20.8 Å². The van der Waals surface area contributed by atoms with E-state index in [1.807, 2.05) is 0 Å². The number of aryl methyl sites for hydroxylation is 3. The van der Waals surface area contributed by atoms with Gasteiger partial charge in [-0.25, -0.2) is 0 Å². The van der Waals surface area contributed by atoms with Crippen LogP contribution in [0.25, 0.3) is 0 Å². The monoisotopic (exact) mass is 270 g/mol. The molecule has 0 aliphatic heterocycles. The van der Waals surface area contributed by atoms with Gasteiger partial charge in [0, 0.05) is 12.3 Å². The molecule has 0 aliphatic carbocycles. The number of carbonyl (C=O) groups excluding carboxylic acids is 1. The summed E-state index contributed by atoms with van der Waals surface area (Å²) >= 11 is 0. The van der Waals surface area contributed by atoms with Crippen molar-refractivity contribution in [1.82, 2.24) is 0 Å². The van der Waals surface area contributed by atoms with E-state index in [2.05, 4.69) is 43.5 Å². The molecular weight excluding hydrogens is 247 g/mol. The molecule has 18 heavy (non-hydrogen) atoms. The van der Waals surface area contributed by atoms with Crippen LogP contribution < -0.4 is 0 Å². The number of hydrogen-bond acceptors (Lipinski definition) is 3. The Kier molecular flexibility index (Phi) is 7.61. The van der Waals surface area contributed by atoms with Gasteiger partial charge in [0.1, 0.15) is 0 Å². The fraction of sp³-hybridized carbons (Fsp3) is 0.500. The van der Waals surface area contributed by atoms with Gasteiger partial charge in [-0.15, -0.1) is 0 Å². The maximum absolute atomic E-state index is 11.1. The topological polar surface area (TPSA) is 43.4 Å². The summed E-state index contributed by atoms with van der Waals surface area (Å²) in [7, 11) is -2.55. The summed E-state index contributed by atoms with van der Waals surface area (Å²) in [5.74, 6) is 0. The predicted octanol–water partition coefficient (Wildman–Crippen LogP) is 4.09. The second-order valence-corrected chi connectivity index (χ2v) is 7.42. The molecule has 0 amide bonds. The van der Waals surface area contributed by atoms with Gasteiger partial charge < -0.3 is 4.52 Å². The maximum atomic E-state index is 11.1. The van der Waals surface area contributed by atoms with Crippen LogP contribution in [0.1, 0.15) is 30.5 Å². The van der Waals surface area contributed by atoms with Crippen LogP contribution in [0, 0.1) is 20.8 Å². The average molecular weight is 270 g/mol. The van der Waals surface area contributed by atoms with Crippen LogP contribution in [-0.4, -0.2) is 18.8 Å². The minimum atomic E-state index is -2.55. The van der Waals surface area contributed by atoms with Gasteiger partial charge in [-0.1, -0.05) is 48.7 Å². The Morgan fingerprint density at radius 2 is 1.33 bits per heavy atom. The average Bonchev–Trinajstić information content (AvgIpc) is 2.28. The first-order chi connectivity index (χ1) is 8.36. The third-order valence-corrected chi connectivity index (χ3v) is 4.96. The van der Waals surface area contributed by atoms with Crippen molar-refractivity contribution >= 4 is 13.8 Å². The molecule has 0 spiro atoms. The van der Waals surface area contributed by atoms with Gasteiger partial charge in [0.05, 0.1) is 0 Å². The fourth-order valence-corrected chi connectivity index (χ4v) is 2.56. The smallest absolute Gasteiger partial charge is 0.298 e. The Labute approximate surface area is 110 Å². The van der Waals surface area contributed by atoms with E-state index in [1.54, 1.807) is 13.8 Å². The van der Waals surface area contributed by atoms with Crippen LogP contribution in [0.15, 0.2) is 18.2 Å². The molecule has 0 saturated heterocycles. The molecule has 1 aromatic carbocycles. The van der Waals surface area contributed by atoms with Crippen molar-refractivity contribution in [2.24, 2.45) is 0 Å². The summed E-state index contributed by atoms with van der Waals surface area (Å²) < 4.78 is 15.5. The Balaban J connectivity index is 0.000000321. The van der Waals surface area contributed by atoms with Crippen molar-refractivity contribution in [2.45, 2.75) is 34.6 Å². The van der Waals surface area contributed by atoms with Crippen LogP contribution >= 0.6 is 7.37 Å². The molecule has 0 aliphatic rings. The van der Waals surface area contributed by atoms with Crippen LogP contribution in [-0.2, 0) is 13.9 Å². The van der Waals surface area contributed by atoms with E-state index in [4.69, 9.17) is 0 Å². The Morgan fingerprint density at radius 1 is 1.00 bits per heavy atom. The van der Waals surface area contributed by atoms with Crippen molar-refractivity contribution in [1.29, 1.82) is 0 Å². The van der Waals surface area contributed by atoms with Gasteiger partial charge in [0.25, 0.3) is 6.47 Å². The third kappa shape index (κ3) is 6.61. The number of rotatable bonds is 4. The van der Waals surface area contributed by atoms with Crippen molar-refractivity contribution in [3.63, 3.8) is 0 Å². The second kappa shape index (κ2) is 8.10. The zero-order valence-corrected chi connectivity index (χ0v) is 12.8. The predicted molar refractivity (Wildman–Crippen MR) is 76.5 cm³/mol. The van der Waals surface area contributed by atoms with E-state index in [1.165, 1.54) is 16.7 Å². The number of carbonyl (C=O) groups is 1. The molecule has 0 unspecified atom stereocenters. The van der Waals surface area contributed by atoms with Crippen LogP contribution in [0.5, 0.6) is 0 Å². The molecule has 0 saturated carbocycles. The summed E-state index contributed by atoms with van der Waals surface area (Å²) in [5, 5.41) is 0. The van der Waals surface area contributed by atoms with E-state index < -0.39 is 7.37 Å². The summed E-state index contributed by atoms with van der Waals surface area (Å²) in [6.45, 7) is 10.1. The molecule has 0 fully saturated rings. The van der Waals surface area contributed by atoms with Crippen molar-refractivity contribution in [3.8, 4) is 0 Å². The minimum absolute atomic E-state index is 0.258. The molecular formula is C14H23O3P. The summed E-state index contributed by atoms with van der Waals surface area (Å²) in [6, 6.07) is 6.56. The van der Waals surface area contributed by atoms with Crippen molar-refractivity contribution in [2.75, 3.05) is 12.3 Å². The van der Waals surface area contributed by atoms with Crippen molar-refractivity contribution in [3.05, 3.63) is 34.9 Å². The molecule has 4 heteroatoms. The van der Waals surface area contributed by atoms with E-state index in [0.29, 0.717) is 12.3 Å². The molecule has 0 radical (unpaired) electrons. The molecule has 0 heterocycles. The molecule has 0 bridgehead atoms. The lowest BCUT2D eigenvalue weighted by atomic mass is 10.1. The number of benzene rings is 1. The molecule has 0 N–H and O–H groups in total. The zero-order chi connectivity index (χ0) is 14.2. The first-order valence-corrected chi connectivity index (χ1v) is 8.11. The lowest BCUT2D eigenvalue weighted by molar-refractivity contribution is -0.120. The SMILES string of the molecule is CCP(=O)(CC)OC=O.Cc1cc(C)cc(C)c1. The summed E-state index contributed by atoms with van der Waals surface area (Å²) in [6.07, 6.45) is 0.866. The second-order valence-electron chi connectivity index (χ2n) is 4.31. The Morgan fingerprint density at radius 3 is 1.50 bits per heavy atom. The van der Waals surface area contributed by atoms with Crippen molar-refractivity contribution < 1.29 is 13.9 Å². The van der Waals surface area contributed by atoms with E-state index in [-0.39, 0.29) is 6.47 Å². The lowest BCUT2D eigenvalue weighted by Crippen LogP contribution is -1.92. The molecule has 102 valence electrons. The lowest BCUT2D eigenvalue weighted by Gasteiger charge is -2.09. The highest BCUT2D eigenvalue weighted by Crippen LogP contribution is 2.44. The maximum Gasteiger partial charge on any atom is 0.298 e. The highest BCUT2D eigenvalue weighted by molar-refractivity contribution is 7.59. The van der Waals surface area contributed by atoms with Gasteiger partial charge in [-0.3, -0.25) is 9.36 Å². The van der Waals surface area contributed by atoms with E-state index in [0.717, 1.165) is 0 Å². The van der Waals surface area contributed by atoms with Crippen LogP contribution in [0.3, 0.4) is 0 Å². The molecule has 0 aromatic heterocycles. The fourth-order valence-electron chi connectivity index (χ4n) is 1.65. The zero-order valence-electron chi connectivity index (χ0n) is 11.9. The highest BCUT2D eigenvalue weighted by atomic mass is 31.2. The van der Waals surface area contributed by atoms with E-state index in [9.17, 15) is 9.36 Å². The molecule has 1 aromatic rings. The number of hydrogen-bond donors (Lipinski definition) is 0. The van der Waals surface area contributed by atoms with Gasteiger partial charge in [0.2, 0.25) is 7.37 Å². The summed E-state index contributed by atoms with van der Waals surface area (Å²) in [5.41, 5.74) is 4.06. The third-order valence-electron chi connectivity index (χ3n) is 2.56. The molecule has 1 rings (SSSR count). The Hall–Kier alpha value is -1.08. The van der Waals surface area contributed by atoms with Crippen LogP contribution in [0.4, 0.5) is 0 Å². The Bertz CT molecular complexity index is 369. The summed E-state index contributed by atoms with van der Waals surface area (Å²) in [4.78, 5) is 9.74. The van der Waals surface area contributed by atoms with Gasteiger partial charge in [-0.2, -0.15) is 0 Å². The molecule has 0 atom stereocenters. The highest BCUT2D eigenvalue weighted by Gasteiger charge is 2.16. The quantitative estimate of drug-likeness (QED) is 0.611. The minimum Gasteiger partial charge on any atom is -0.414 e. The van der Waals surface area contributed by atoms with Gasteiger partial charge in [0.15, 0.2) is 0 Å². The largest absolute Gasteiger partial charge is 0.414 e. The van der Waals surface area contributed by atoms with E-state index >= 15 is 0 Å². The molecule has 3 nitrogen and oxygen atoms in total. The standard InChI is InChI=1S/C9H12.C5H11O3P/c1-7-4-8(2)6-9(3)5-7;1-3-9(7,4-2)8-5-6/h4-6H,1-3H3;5H,3-4H2,1-2H3. The van der Waals surface area contributed by atoms with Crippen LogP contribution in [0.2, 0.25) is 0 Å². The van der Waals surface area contributed by atoms with Gasteiger partial charge >= 0.3 is 0 Å². The first kappa shape index (κ1) is 16.9. The first-order valence-electron chi connectivity index (χ1n) is 6.12.